The number of rotatable bonds is 4. The predicted octanol–water partition coefficient (Wildman–Crippen LogP) is 4.31. The van der Waals surface area contributed by atoms with E-state index in [1.165, 1.54) is 0 Å². The van der Waals surface area contributed by atoms with Crippen LogP contribution in [0.3, 0.4) is 0 Å². The molecular weight excluding hydrogens is 288 g/mol. The third-order valence-electron chi connectivity index (χ3n) is 3.37. The van der Waals surface area contributed by atoms with Crippen LogP contribution in [0.25, 0.3) is 11.0 Å². The SMILES string of the molecule is COCc1ccc(C(O)c2cc3cc(Cl)ccc3o2)cc1. The molecule has 1 atom stereocenters. The van der Waals surface area contributed by atoms with Crippen molar-refractivity contribution in [1.29, 1.82) is 0 Å². The number of methoxy groups -OCH3 is 1. The monoisotopic (exact) mass is 302 g/mol. The molecule has 0 fully saturated rings. The Kier molecular flexibility index (Phi) is 3.97. The number of furan rings is 1. The first kappa shape index (κ1) is 14.1. The molecule has 3 rings (SSSR count). The topological polar surface area (TPSA) is 42.6 Å². The van der Waals surface area contributed by atoms with Gasteiger partial charge in [0, 0.05) is 17.5 Å². The first-order valence-electron chi connectivity index (χ1n) is 6.62. The first-order chi connectivity index (χ1) is 10.2. The summed E-state index contributed by atoms with van der Waals surface area (Å²) in [7, 11) is 1.66. The van der Waals surface area contributed by atoms with Gasteiger partial charge in [0.15, 0.2) is 0 Å². The Morgan fingerprint density at radius 3 is 2.62 bits per heavy atom. The van der Waals surface area contributed by atoms with Crippen molar-refractivity contribution >= 4 is 22.6 Å². The van der Waals surface area contributed by atoms with Crippen molar-refractivity contribution in [2.75, 3.05) is 7.11 Å². The third-order valence-corrected chi connectivity index (χ3v) is 3.61. The zero-order valence-corrected chi connectivity index (χ0v) is 12.3. The van der Waals surface area contributed by atoms with Gasteiger partial charge in [-0.2, -0.15) is 0 Å². The zero-order valence-electron chi connectivity index (χ0n) is 11.5. The van der Waals surface area contributed by atoms with Crippen molar-refractivity contribution in [2.24, 2.45) is 0 Å². The summed E-state index contributed by atoms with van der Waals surface area (Å²) in [6.45, 7) is 0.555. The summed E-state index contributed by atoms with van der Waals surface area (Å²) in [6, 6.07) is 14.8. The Morgan fingerprint density at radius 1 is 1.14 bits per heavy atom. The summed E-state index contributed by atoms with van der Waals surface area (Å²) in [4.78, 5) is 0. The Morgan fingerprint density at radius 2 is 1.90 bits per heavy atom. The number of fused-ring (bicyclic) bond motifs is 1. The molecule has 0 saturated heterocycles. The molecule has 4 heteroatoms. The molecule has 0 bridgehead atoms. The molecule has 1 unspecified atom stereocenters. The van der Waals surface area contributed by atoms with Gasteiger partial charge in [-0.05, 0) is 35.4 Å². The lowest BCUT2D eigenvalue weighted by atomic mass is 10.1. The standard InChI is InChI=1S/C17H15ClO3/c1-20-10-11-2-4-12(5-3-11)17(19)16-9-13-8-14(18)6-7-15(13)21-16/h2-9,17,19H,10H2,1H3. The molecular formula is C17H15ClO3. The minimum absolute atomic E-state index is 0.506. The molecule has 0 amide bonds. The van der Waals surface area contributed by atoms with Crippen molar-refractivity contribution in [2.45, 2.75) is 12.7 Å². The summed E-state index contributed by atoms with van der Waals surface area (Å²) in [5, 5.41) is 12.0. The molecule has 3 aromatic rings. The molecule has 108 valence electrons. The van der Waals surface area contributed by atoms with E-state index in [9.17, 15) is 5.11 Å². The van der Waals surface area contributed by atoms with Crippen molar-refractivity contribution in [3.05, 3.63) is 70.4 Å². The second kappa shape index (κ2) is 5.90. The molecule has 0 spiro atoms. The molecule has 0 radical (unpaired) electrons. The molecule has 1 heterocycles. The van der Waals surface area contributed by atoms with E-state index >= 15 is 0 Å². The van der Waals surface area contributed by atoms with Gasteiger partial charge < -0.3 is 14.3 Å². The van der Waals surface area contributed by atoms with Gasteiger partial charge in [-0.1, -0.05) is 35.9 Å². The van der Waals surface area contributed by atoms with Gasteiger partial charge in [0.25, 0.3) is 0 Å². The fourth-order valence-electron chi connectivity index (χ4n) is 2.30. The van der Waals surface area contributed by atoms with E-state index in [2.05, 4.69) is 0 Å². The van der Waals surface area contributed by atoms with Crippen molar-refractivity contribution in [3.8, 4) is 0 Å². The summed E-state index contributed by atoms with van der Waals surface area (Å²) in [6.07, 6.45) is -0.798. The minimum Gasteiger partial charge on any atom is -0.458 e. The average molecular weight is 303 g/mol. The van der Waals surface area contributed by atoms with Crippen LogP contribution in [-0.4, -0.2) is 12.2 Å². The van der Waals surface area contributed by atoms with Crippen LogP contribution in [0.1, 0.15) is 23.0 Å². The third kappa shape index (κ3) is 2.95. The Labute approximate surface area is 127 Å². The number of ether oxygens (including phenoxy) is 1. The number of aliphatic hydroxyl groups is 1. The van der Waals surface area contributed by atoms with Crippen molar-refractivity contribution < 1.29 is 14.3 Å². The van der Waals surface area contributed by atoms with Gasteiger partial charge in [0.05, 0.1) is 6.61 Å². The van der Waals surface area contributed by atoms with E-state index in [0.29, 0.717) is 23.0 Å². The average Bonchev–Trinajstić information content (AvgIpc) is 2.90. The number of aliphatic hydroxyl groups excluding tert-OH is 1. The maximum atomic E-state index is 10.4. The van der Waals surface area contributed by atoms with E-state index in [1.54, 1.807) is 19.2 Å². The molecule has 21 heavy (non-hydrogen) atoms. The predicted molar refractivity (Wildman–Crippen MR) is 82.4 cm³/mol. The highest BCUT2D eigenvalue weighted by atomic mass is 35.5. The lowest BCUT2D eigenvalue weighted by Gasteiger charge is -2.08. The van der Waals surface area contributed by atoms with Crippen LogP contribution in [0.2, 0.25) is 5.02 Å². The van der Waals surface area contributed by atoms with Gasteiger partial charge in [0.2, 0.25) is 0 Å². The van der Waals surface area contributed by atoms with Crippen LogP contribution in [0.15, 0.2) is 52.9 Å². The van der Waals surface area contributed by atoms with E-state index in [1.807, 2.05) is 36.4 Å². The van der Waals surface area contributed by atoms with E-state index in [0.717, 1.165) is 16.5 Å². The Balaban J connectivity index is 1.90. The largest absolute Gasteiger partial charge is 0.458 e. The fourth-order valence-corrected chi connectivity index (χ4v) is 2.48. The fraction of sp³-hybridized carbons (Fsp3) is 0.176. The number of hydrogen-bond acceptors (Lipinski definition) is 3. The van der Waals surface area contributed by atoms with E-state index < -0.39 is 6.10 Å². The molecule has 1 N–H and O–H groups in total. The Hall–Kier alpha value is -1.81. The molecule has 3 nitrogen and oxygen atoms in total. The zero-order chi connectivity index (χ0) is 14.8. The van der Waals surface area contributed by atoms with E-state index in [-0.39, 0.29) is 0 Å². The summed E-state index contributed by atoms with van der Waals surface area (Å²) >= 11 is 5.96. The van der Waals surface area contributed by atoms with Crippen molar-refractivity contribution in [1.82, 2.24) is 0 Å². The highest BCUT2D eigenvalue weighted by molar-refractivity contribution is 6.31. The van der Waals surface area contributed by atoms with Gasteiger partial charge >= 0.3 is 0 Å². The second-order valence-electron chi connectivity index (χ2n) is 4.91. The molecule has 0 saturated carbocycles. The van der Waals surface area contributed by atoms with Crippen LogP contribution in [0.5, 0.6) is 0 Å². The number of hydrogen-bond donors (Lipinski definition) is 1. The first-order valence-corrected chi connectivity index (χ1v) is 7.00. The van der Waals surface area contributed by atoms with Crippen LogP contribution >= 0.6 is 11.6 Å². The molecule has 0 aliphatic rings. The lowest BCUT2D eigenvalue weighted by Crippen LogP contribution is -1.98. The van der Waals surface area contributed by atoms with E-state index in [4.69, 9.17) is 20.8 Å². The smallest absolute Gasteiger partial charge is 0.138 e. The normalized spacial score (nSPS) is 12.7. The van der Waals surface area contributed by atoms with Gasteiger partial charge in [-0.3, -0.25) is 0 Å². The molecule has 0 aliphatic carbocycles. The number of halogens is 1. The van der Waals surface area contributed by atoms with Gasteiger partial charge in [0.1, 0.15) is 17.4 Å². The maximum Gasteiger partial charge on any atom is 0.138 e. The Bertz CT molecular complexity index is 746. The quantitative estimate of drug-likeness (QED) is 0.780. The molecule has 1 aromatic heterocycles. The summed E-state index contributed by atoms with van der Waals surface area (Å²) in [5.41, 5.74) is 2.55. The van der Waals surface area contributed by atoms with Crippen LogP contribution in [0, 0.1) is 0 Å². The second-order valence-corrected chi connectivity index (χ2v) is 5.34. The maximum absolute atomic E-state index is 10.4. The molecule has 0 aliphatic heterocycles. The summed E-state index contributed by atoms with van der Waals surface area (Å²) in [5.74, 6) is 0.506. The van der Waals surface area contributed by atoms with Gasteiger partial charge in [-0.15, -0.1) is 0 Å². The van der Waals surface area contributed by atoms with Crippen molar-refractivity contribution in [3.63, 3.8) is 0 Å². The highest BCUT2D eigenvalue weighted by Gasteiger charge is 2.15. The van der Waals surface area contributed by atoms with Crippen LogP contribution in [0.4, 0.5) is 0 Å². The highest BCUT2D eigenvalue weighted by Crippen LogP contribution is 2.29. The molecule has 2 aromatic carbocycles. The van der Waals surface area contributed by atoms with Gasteiger partial charge in [-0.25, -0.2) is 0 Å². The number of benzene rings is 2. The minimum atomic E-state index is -0.798. The van der Waals surface area contributed by atoms with Crippen LogP contribution in [-0.2, 0) is 11.3 Å². The summed E-state index contributed by atoms with van der Waals surface area (Å²) < 4.78 is 10.8. The van der Waals surface area contributed by atoms with Crippen LogP contribution < -0.4 is 0 Å². The lowest BCUT2D eigenvalue weighted by molar-refractivity contribution is 0.184.